The highest BCUT2D eigenvalue weighted by molar-refractivity contribution is 7.91. The summed E-state index contributed by atoms with van der Waals surface area (Å²) in [6, 6.07) is 15.1. The van der Waals surface area contributed by atoms with Crippen LogP contribution in [0, 0.1) is 5.92 Å². The minimum absolute atomic E-state index is 0.00715. The van der Waals surface area contributed by atoms with E-state index in [4.69, 9.17) is 9.88 Å². The summed E-state index contributed by atoms with van der Waals surface area (Å²) in [5.74, 6) is 0.530. The van der Waals surface area contributed by atoms with Crippen LogP contribution in [-0.2, 0) is 37.9 Å². The summed E-state index contributed by atoms with van der Waals surface area (Å²) in [7, 11) is -3.67. The van der Waals surface area contributed by atoms with Crippen molar-refractivity contribution in [2.75, 3.05) is 13.2 Å². The van der Waals surface area contributed by atoms with Crippen LogP contribution in [0.1, 0.15) is 101 Å². The Balaban J connectivity index is 1.66. The van der Waals surface area contributed by atoms with Crippen molar-refractivity contribution in [1.29, 1.82) is 0 Å². The van der Waals surface area contributed by atoms with Crippen LogP contribution in [0.4, 0.5) is 0 Å². The summed E-state index contributed by atoms with van der Waals surface area (Å²) in [6.45, 7) is 13.4. The zero-order valence-corrected chi connectivity index (χ0v) is 26.6. The molecule has 1 amide bonds. The van der Waals surface area contributed by atoms with Crippen LogP contribution in [0.5, 0.6) is 0 Å². The second kappa shape index (κ2) is 13.2. The van der Waals surface area contributed by atoms with E-state index in [1.54, 1.807) is 13.8 Å². The quantitative estimate of drug-likeness (QED) is 0.291. The van der Waals surface area contributed by atoms with Crippen molar-refractivity contribution in [1.82, 2.24) is 9.78 Å². The predicted octanol–water partition coefficient (Wildman–Crippen LogP) is 6.18. The summed E-state index contributed by atoms with van der Waals surface area (Å²) >= 11 is 0. The van der Waals surface area contributed by atoms with E-state index in [-0.39, 0.29) is 23.3 Å². The number of hydrogen-bond donors (Lipinski definition) is 2. The average Bonchev–Trinajstić information content (AvgIpc) is 3.40. The molecule has 1 aliphatic rings. The molecule has 1 saturated heterocycles. The zero-order chi connectivity index (χ0) is 30.7. The first-order valence-electron chi connectivity index (χ1n) is 15.0. The van der Waals surface area contributed by atoms with Crippen molar-refractivity contribution in [3.63, 3.8) is 0 Å². The number of aliphatic hydroxyl groups is 1. The minimum atomic E-state index is -3.67. The van der Waals surface area contributed by atoms with E-state index in [9.17, 15) is 14.1 Å². The topological polar surface area (TPSA) is 120 Å². The number of ether oxygens (including phenoxy) is 1. The lowest BCUT2D eigenvalue weighted by atomic mass is 9.83. The summed E-state index contributed by atoms with van der Waals surface area (Å²) < 4.78 is 24.7. The van der Waals surface area contributed by atoms with Crippen LogP contribution in [-0.4, -0.2) is 38.2 Å². The molecule has 1 unspecified atom stereocenters. The van der Waals surface area contributed by atoms with Crippen LogP contribution in [0.25, 0.3) is 5.69 Å². The molecule has 3 N–H and O–H groups in total. The molecule has 1 atom stereocenters. The molecular weight excluding hydrogens is 548 g/mol. The lowest BCUT2D eigenvalue weighted by molar-refractivity contribution is -0.117. The fourth-order valence-corrected chi connectivity index (χ4v) is 6.59. The highest BCUT2D eigenvalue weighted by atomic mass is 32.2. The van der Waals surface area contributed by atoms with E-state index in [1.807, 2.05) is 30.3 Å². The average molecular weight is 595 g/mol. The highest BCUT2D eigenvalue weighted by Gasteiger charge is 2.27. The van der Waals surface area contributed by atoms with E-state index in [1.165, 1.54) is 16.3 Å². The maximum atomic E-state index is 13.7. The number of para-hydroxylation sites is 1. The smallest absolute Gasteiger partial charge is 0.259 e. The van der Waals surface area contributed by atoms with Gasteiger partial charge in [0.05, 0.1) is 17.8 Å². The molecule has 4 rings (SSSR count). The van der Waals surface area contributed by atoms with Gasteiger partial charge in [-0.05, 0) is 91.7 Å². The fourth-order valence-electron chi connectivity index (χ4n) is 5.65. The molecule has 42 heavy (non-hydrogen) atoms. The zero-order valence-electron chi connectivity index (χ0n) is 25.8. The number of nitrogens with zero attached hydrogens (tertiary/aromatic N) is 3. The van der Waals surface area contributed by atoms with E-state index < -0.39 is 21.4 Å². The van der Waals surface area contributed by atoms with E-state index >= 15 is 0 Å². The Morgan fingerprint density at radius 3 is 2.24 bits per heavy atom. The summed E-state index contributed by atoms with van der Waals surface area (Å²) in [5, 5.41) is 21.4. The maximum Gasteiger partial charge on any atom is 0.259 e. The Kier molecular flexibility index (Phi) is 10.1. The molecule has 2 aromatic carbocycles. The van der Waals surface area contributed by atoms with Gasteiger partial charge < -0.3 is 9.84 Å². The maximum absolute atomic E-state index is 13.7. The van der Waals surface area contributed by atoms with E-state index in [0.717, 1.165) is 55.6 Å². The molecule has 0 aliphatic carbocycles. The van der Waals surface area contributed by atoms with Crippen molar-refractivity contribution in [2.24, 2.45) is 15.4 Å². The molecule has 1 aromatic heterocycles. The molecule has 228 valence electrons. The van der Waals surface area contributed by atoms with Crippen molar-refractivity contribution in [3.8, 4) is 5.69 Å². The second-order valence-corrected chi connectivity index (χ2v) is 14.3. The summed E-state index contributed by atoms with van der Waals surface area (Å²) in [6.07, 6.45) is 4.35. The number of carbonyl (C=O) groups excluding carboxylic acids is 1. The van der Waals surface area contributed by atoms with Gasteiger partial charge in [-0.2, -0.15) is 5.10 Å². The molecule has 1 fully saturated rings. The van der Waals surface area contributed by atoms with Gasteiger partial charge in [0.1, 0.15) is 5.60 Å². The van der Waals surface area contributed by atoms with Gasteiger partial charge in [0, 0.05) is 19.3 Å². The SMILES string of the molecule is CC(C)c1cc(CCC2CCOCC2)cc(C(C)C)c1CC(=O)N=S(N)(=O)c1cc(C(C)(C)O)n(-c2ccccc2)n1. The Bertz CT molecular complexity index is 1480. The predicted molar refractivity (Wildman–Crippen MR) is 167 cm³/mol. The van der Waals surface area contributed by atoms with Crippen molar-refractivity contribution in [3.05, 3.63) is 76.5 Å². The largest absolute Gasteiger partial charge is 0.384 e. The van der Waals surface area contributed by atoms with Gasteiger partial charge in [-0.3, -0.25) is 4.79 Å². The summed E-state index contributed by atoms with van der Waals surface area (Å²) in [4.78, 5) is 13.4. The molecule has 0 saturated carbocycles. The molecular formula is C33H46N4O4S. The monoisotopic (exact) mass is 594 g/mol. The normalized spacial score (nSPS) is 16.1. The highest BCUT2D eigenvalue weighted by Crippen LogP contribution is 2.32. The van der Waals surface area contributed by atoms with Crippen molar-refractivity contribution in [2.45, 2.75) is 96.1 Å². The molecule has 0 bridgehead atoms. The molecule has 8 nitrogen and oxygen atoms in total. The molecule has 0 radical (unpaired) electrons. The van der Waals surface area contributed by atoms with Crippen LogP contribution < -0.4 is 5.14 Å². The van der Waals surface area contributed by atoms with Crippen LogP contribution in [0.15, 0.2) is 57.9 Å². The van der Waals surface area contributed by atoms with Crippen molar-refractivity contribution < 1.29 is 18.8 Å². The Morgan fingerprint density at radius 1 is 1.10 bits per heavy atom. The van der Waals surface area contributed by atoms with Crippen molar-refractivity contribution >= 4 is 15.8 Å². The van der Waals surface area contributed by atoms with Gasteiger partial charge in [-0.25, -0.2) is 14.0 Å². The Labute approximate surface area is 251 Å². The third kappa shape index (κ3) is 7.75. The van der Waals surface area contributed by atoms with Gasteiger partial charge in [0.2, 0.25) is 0 Å². The first-order valence-corrected chi connectivity index (χ1v) is 16.5. The number of aryl methyl sites for hydroxylation is 1. The number of rotatable bonds is 10. The lowest BCUT2D eigenvalue weighted by Crippen LogP contribution is -2.20. The van der Waals surface area contributed by atoms with Crippen LogP contribution in [0.2, 0.25) is 0 Å². The van der Waals surface area contributed by atoms with Gasteiger partial charge in [0.15, 0.2) is 14.9 Å². The molecule has 2 heterocycles. The molecule has 3 aromatic rings. The number of carbonyl (C=O) groups is 1. The number of hydrogen-bond acceptors (Lipinski definition) is 5. The number of benzene rings is 2. The molecule has 0 spiro atoms. The van der Waals surface area contributed by atoms with Crippen LogP contribution >= 0.6 is 0 Å². The van der Waals surface area contributed by atoms with Gasteiger partial charge >= 0.3 is 0 Å². The lowest BCUT2D eigenvalue weighted by Gasteiger charge is -2.24. The number of aromatic nitrogens is 2. The standard InChI is InChI=1S/C33H46N4O4S/c1-22(2)27-18-25(13-12-24-14-16-41-17-15-24)19-28(23(3)4)29(27)20-31(38)36-42(34,40)32-21-30(33(5,6)39)37(35-32)26-10-8-7-9-11-26/h7-11,18-19,21-24,39H,12-17,20H2,1-6H3,(H2,34,36,38,40). The molecule has 1 aliphatic heterocycles. The number of nitrogens with two attached hydrogens (primary N) is 1. The number of amides is 1. The summed E-state index contributed by atoms with van der Waals surface area (Å²) in [5.41, 5.74) is 4.22. The third-order valence-corrected chi connectivity index (χ3v) is 9.26. The first kappa shape index (κ1) is 32.1. The fraction of sp³-hybridized carbons (Fsp3) is 0.515. The Hall–Kier alpha value is -2.85. The van der Waals surface area contributed by atoms with E-state index in [2.05, 4.69) is 49.3 Å². The van der Waals surface area contributed by atoms with E-state index in [0.29, 0.717) is 17.3 Å². The Morgan fingerprint density at radius 2 is 1.69 bits per heavy atom. The first-order chi connectivity index (χ1) is 19.8. The molecule has 9 heteroatoms. The van der Waals surface area contributed by atoms with Gasteiger partial charge in [-0.15, -0.1) is 4.36 Å². The van der Waals surface area contributed by atoms with Gasteiger partial charge in [0.25, 0.3) is 5.91 Å². The second-order valence-electron chi connectivity index (χ2n) is 12.6. The van der Waals surface area contributed by atoms with Crippen LogP contribution in [0.3, 0.4) is 0 Å². The van der Waals surface area contributed by atoms with Gasteiger partial charge in [-0.1, -0.05) is 58.0 Å². The minimum Gasteiger partial charge on any atom is -0.384 e. The third-order valence-electron chi connectivity index (χ3n) is 7.98.